The summed E-state index contributed by atoms with van der Waals surface area (Å²) in [6.45, 7) is 5.38. The van der Waals surface area contributed by atoms with E-state index in [0.717, 1.165) is 37.1 Å². The highest BCUT2D eigenvalue weighted by Gasteiger charge is 2.24. The summed E-state index contributed by atoms with van der Waals surface area (Å²) in [5.74, 6) is 0.123. The Morgan fingerprint density at radius 3 is 2.64 bits per heavy atom. The fraction of sp³-hybridized carbons (Fsp3) is 0.471. The van der Waals surface area contributed by atoms with Crippen molar-refractivity contribution in [1.29, 1.82) is 0 Å². The van der Waals surface area contributed by atoms with Crippen molar-refractivity contribution in [2.75, 3.05) is 13.1 Å². The smallest absolute Gasteiger partial charge is 0.246 e. The summed E-state index contributed by atoms with van der Waals surface area (Å²) in [5.41, 5.74) is 7.66. The Kier molecular flexibility index (Phi) is 7.04. The molecule has 1 saturated heterocycles. The fourth-order valence-corrected chi connectivity index (χ4v) is 2.71. The van der Waals surface area contributed by atoms with Crippen molar-refractivity contribution >= 4 is 23.9 Å². The molecule has 22 heavy (non-hydrogen) atoms. The van der Waals surface area contributed by atoms with Gasteiger partial charge in [-0.05, 0) is 55.9 Å². The normalized spacial score (nSPS) is 20.3. The predicted octanol–water partition coefficient (Wildman–Crippen LogP) is 3.24. The summed E-state index contributed by atoms with van der Waals surface area (Å²) in [6, 6.07) is 6.31. The minimum atomic E-state index is -0.270. The van der Waals surface area contributed by atoms with Crippen LogP contribution < -0.4 is 5.73 Å². The van der Waals surface area contributed by atoms with Crippen LogP contribution in [0.4, 0.5) is 4.39 Å². The number of benzene rings is 1. The fourth-order valence-electron chi connectivity index (χ4n) is 2.71. The zero-order valence-electron chi connectivity index (χ0n) is 13.1. The molecule has 2 N–H and O–H groups in total. The van der Waals surface area contributed by atoms with Crippen LogP contribution >= 0.6 is 12.4 Å². The van der Waals surface area contributed by atoms with Crippen LogP contribution in [0.1, 0.15) is 32.3 Å². The molecule has 2 atom stereocenters. The Morgan fingerprint density at radius 1 is 1.41 bits per heavy atom. The first-order valence-electron chi connectivity index (χ1n) is 7.46. The maximum Gasteiger partial charge on any atom is 0.246 e. The number of rotatable bonds is 3. The molecule has 3 nitrogen and oxygen atoms in total. The number of hydrogen-bond donors (Lipinski definition) is 1. The zero-order chi connectivity index (χ0) is 15.4. The predicted molar refractivity (Wildman–Crippen MR) is 90.3 cm³/mol. The molecule has 1 aliphatic heterocycles. The van der Waals surface area contributed by atoms with E-state index >= 15 is 0 Å². The lowest BCUT2D eigenvalue weighted by Gasteiger charge is -2.34. The average Bonchev–Trinajstić information content (AvgIpc) is 2.48. The van der Waals surface area contributed by atoms with Gasteiger partial charge in [0.2, 0.25) is 5.91 Å². The Balaban J connectivity index is 0.00000242. The van der Waals surface area contributed by atoms with Crippen molar-refractivity contribution in [1.82, 2.24) is 4.90 Å². The van der Waals surface area contributed by atoms with Crippen LogP contribution in [0.5, 0.6) is 0 Å². The third-order valence-corrected chi connectivity index (χ3v) is 4.15. The van der Waals surface area contributed by atoms with Gasteiger partial charge < -0.3 is 10.6 Å². The molecule has 0 saturated carbocycles. The minimum Gasteiger partial charge on any atom is -0.339 e. The number of hydrogen-bond acceptors (Lipinski definition) is 2. The molecule has 1 fully saturated rings. The second-order valence-corrected chi connectivity index (χ2v) is 5.88. The van der Waals surface area contributed by atoms with Crippen LogP contribution in [-0.2, 0) is 4.79 Å². The second kappa shape index (κ2) is 8.30. The number of carbonyl (C=O) groups excluding carboxylic acids is 1. The van der Waals surface area contributed by atoms with Gasteiger partial charge in [-0.2, -0.15) is 0 Å². The molecule has 2 unspecified atom stereocenters. The van der Waals surface area contributed by atoms with E-state index in [-0.39, 0.29) is 30.2 Å². The molecule has 1 aromatic rings. The molecule has 1 heterocycles. The Bertz CT molecular complexity index is 528. The Morgan fingerprint density at radius 2 is 2.05 bits per heavy atom. The molecule has 122 valence electrons. The largest absolute Gasteiger partial charge is 0.339 e. The highest BCUT2D eigenvalue weighted by Crippen LogP contribution is 2.20. The van der Waals surface area contributed by atoms with Gasteiger partial charge in [0.25, 0.3) is 0 Å². The van der Waals surface area contributed by atoms with Crippen LogP contribution in [0.25, 0.3) is 5.57 Å². The van der Waals surface area contributed by atoms with Gasteiger partial charge in [-0.15, -0.1) is 12.4 Å². The molecule has 0 spiro atoms. The van der Waals surface area contributed by atoms with Gasteiger partial charge in [-0.1, -0.05) is 12.1 Å². The number of halogens is 2. The summed E-state index contributed by atoms with van der Waals surface area (Å²) in [6.07, 6.45) is 3.72. The maximum absolute atomic E-state index is 12.9. The van der Waals surface area contributed by atoms with E-state index < -0.39 is 0 Å². The first kappa shape index (κ1) is 18.7. The first-order valence-corrected chi connectivity index (χ1v) is 7.46. The summed E-state index contributed by atoms with van der Waals surface area (Å²) in [7, 11) is 0. The number of allylic oxidation sites excluding steroid dienone is 1. The number of amides is 1. The first-order chi connectivity index (χ1) is 9.97. The Hall–Kier alpha value is -1.39. The number of nitrogens with zero attached hydrogens (tertiary/aromatic N) is 1. The number of nitrogens with two attached hydrogens (primary N) is 1. The van der Waals surface area contributed by atoms with Gasteiger partial charge in [-0.25, -0.2) is 4.39 Å². The van der Waals surface area contributed by atoms with Crippen LogP contribution in [0.3, 0.4) is 0 Å². The van der Waals surface area contributed by atoms with Crippen LogP contribution in [0, 0.1) is 11.7 Å². The number of piperidine rings is 1. The van der Waals surface area contributed by atoms with E-state index in [9.17, 15) is 9.18 Å². The van der Waals surface area contributed by atoms with Gasteiger partial charge in [0.15, 0.2) is 0 Å². The highest BCUT2D eigenvalue weighted by atomic mass is 35.5. The van der Waals surface area contributed by atoms with Crippen LogP contribution in [0.2, 0.25) is 0 Å². The summed E-state index contributed by atoms with van der Waals surface area (Å²) >= 11 is 0. The van der Waals surface area contributed by atoms with Crippen LogP contribution in [0.15, 0.2) is 30.3 Å². The lowest BCUT2D eigenvalue weighted by molar-refractivity contribution is -0.127. The quantitative estimate of drug-likeness (QED) is 0.867. The third-order valence-electron chi connectivity index (χ3n) is 4.15. The van der Waals surface area contributed by atoms with Gasteiger partial charge in [0.05, 0.1) is 0 Å². The van der Waals surface area contributed by atoms with Crippen molar-refractivity contribution in [2.24, 2.45) is 11.7 Å². The van der Waals surface area contributed by atoms with E-state index in [1.165, 1.54) is 12.1 Å². The van der Waals surface area contributed by atoms with Gasteiger partial charge in [0.1, 0.15) is 5.82 Å². The third kappa shape index (κ3) is 4.82. The molecule has 1 aromatic carbocycles. The van der Waals surface area contributed by atoms with Gasteiger partial charge in [-0.3, -0.25) is 4.79 Å². The second-order valence-electron chi connectivity index (χ2n) is 5.88. The molecule has 5 heteroatoms. The summed E-state index contributed by atoms with van der Waals surface area (Å²) in [4.78, 5) is 14.2. The number of carbonyl (C=O) groups is 1. The summed E-state index contributed by atoms with van der Waals surface area (Å²) < 4.78 is 12.9. The van der Waals surface area contributed by atoms with E-state index in [0.29, 0.717) is 5.92 Å². The van der Waals surface area contributed by atoms with Crippen molar-refractivity contribution in [2.45, 2.75) is 32.7 Å². The van der Waals surface area contributed by atoms with Crippen molar-refractivity contribution in [3.05, 3.63) is 41.7 Å². The standard InChI is InChI=1S/C17H23FN2O.ClH/c1-12(14-5-7-16(18)8-6-14)10-17(21)20-9-3-4-15(11-20)13(2)19;/h5-8,10,13,15H,3-4,9,11,19H2,1-2H3;1H/b12-10-;. The van der Waals surface area contributed by atoms with E-state index in [2.05, 4.69) is 0 Å². The van der Waals surface area contributed by atoms with Crippen LogP contribution in [-0.4, -0.2) is 29.9 Å². The molecule has 1 aliphatic rings. The topological polar surface area (TPSA) is 46.3 Å². The zero-order valence-corrected chi connectivity index (χ0v) is 13.9. The molecule has 2 rings (SSSR count). The van der Waals surface area contributed by atoms with Crippen molar-refractivity contribution in [3.8, 4) is 0 Å². The van der Waals surface area contributed by atoms with Crippen molar-refractivity contribution < 1.29 is 9.18 Å². The lowest BCUT2D eigenvalue weighted by Crippen LogP contribution is -2.44. The molecule has 0 aromatic heterocycles. The number of likely N-dealkylation sites (tertiary alicyclic amines) is 1. The molecular weight excluding hydrogens is 303 g/mol. The average molecular weight is 327 g/mol. The molecule has 0 bridgehead atoms. The monoisotopic (exact) mass is 326 g/mol. The van der Waals surface area contributed by atoms with Gasteiger partial charge >= 0.3 is 0 Å². The lowest BCUT2D eigenvalue weighted by atomic mass is 9.92. The van der Waals surface area contributed by atoms with Crippen molar-refractivity contribution in [3.63, 3.8) is 0 Å². The molecule has 0 radical (unpaired) electrons. The van der Waals surface area contributed by atoms with E-state index in [1.807, 2.05) is 18.7 Å². The maximum atomic E-state index is 12.9. The van der Waals surface area contributed by atoms with E-state index in [4.69, 9.17) is 5.73 Å². The van der Waals surface area contributed by atoms with Gasteiger partial charge in [0, 0.05) is 25.2 Å². The Labute approximate surface area is 137 Å². The minimum absolute atomic E-state index is 0. The molecular formula is C17H24ClFN2O. The molecule has 0 aliphatic carbocycles. The summed E-state index contributed by atoms with van der Waals surface area (Å²) in [5, 5.41) is 0. The van der Waals surface area contributed by atoms with E-state index in [1.54, 1.807) is 18.2 Å². The molecule has 1 amide bonds. The highest BCUT2D eigenvalue weighted by molar-refractivity contribution is 5.94. The SMILES string of the molecule is C/C(=C/C(=O)N1CCCC(C(C)N)C1)c1ccc(F)cc1.Cl.